The average molecular weight is 474 g/mol. The first-order valence-electron chi connectivity index (χ1n) is 10.5. The van der Waals surface area contributed by atoms with Crippen LogP contribution in [0.1, 0.15) is 5.56 Å². The van der Waals surface area contributed by atoms with Crippen molar-refractivity contribution in [2.45, 2.75) is 13.5 Å². The monoisotopic (exact) mass is 473 g/mol. The van der Waals surface area contributed by atoms with Crippen LogP contribution in [0.25, 0.3) is 31.9 Å². The highest BCUT2D eigenvalue weighted by molar-refractivity contribution is 7.21. The molecule has 9 heteroatoms. The van der Waals surface area contributed by atoms with E-state index in [2.05, 4.69) is 16.4 Å². The zero-order valence-corrected chi connectivity index (χ0v) is 18.9. The van der Waals surface area contributed by atoms with Gasteiger partial charge in [-0.3, -0.25) is 14.2 Å². The maximum Gasteiger partial charge on any atom is 0.420 e. The molecule has 0 aliphatic carbocycles. The summed E-state index contributed by atoms with van der Waals surface area (Å²) in [6.45, 7) is 1.23. The van der Waals surface area contributed by atoms with Gasteiger partial charge in [-0.25, -0.2) is 9.78 Å². The third-order valence-electron chi connectivity index (χ3n) is 5.18. The molecule has 1 amide bonds. The summed E-state index contributed by atoms with van der Waals surface area (Å²) in [4.78, 5) is 41.0. The number of nitrogens with one attached hydrogen (secondary N) is 1. The molecule has 0 unspecified atom stereocenters. The number of benzene rings is 3. The molecule has 0 saturated carbocycles. The fourth-order valence-corrected chi connectivity index (χ4v) is 4.60. The molecule has 3 aromatic carbocycles. The van der Waals surface area contributed by atoms with Gasteiger partial charge in [0.05, 0.1) is 15.7 Å². The highest BCUT2D eigenvalue weighted by Gasteiger charge is 2.15. The highest BCUT2D eigenvalue weighted by atomic mass is 32.1. The number of amides is 1. The quantitative estimate of drug-likeness (QED) is 0.368. The third-order valence-corrected chi connectivity index (χ3v) is 6.25. The van der Waals surface area contributed by atoms with Gasteiger partial charge in [0.1, 0.15) is 11.6 Å². The van der Waals surface area contributed by atoms with Crippen LogP contribution in [-0.4, -0.2) is 28.0 Å². The smallest absolute Gasteiger partial charge is 0.420 e. The van der Waals surface area contributed by atoms with Crippen molar-refractivity contribution in [1.82, 2.24) is 9.55 Å². The summed E-state index contributed by atoms with van der Waals surface area (Å²) in [7, 11) is 0. The predicted molar refractivity (Wildman–Crippen MR) is 130 cm³/mol. The fraction of sp³-hybridized carbons (Fsp3) is 0.120. The summed E-state index contributed by atoms with van der Waals surface area (Å²) in [5.74, 6) is -1.86. The van der Waals surface area contributed by atoms with E-state index in [0.717, 1.165) is 25.4 Å². The Morgan fingerprint density at radius 2 is 1.88 bits per heavy atom. The number of hydrogen-bond acceptors (Lipinski definition) is 7. The second-order valence-electron chi connectivity index (χ2n) is 7.70. The normalized spacial score (nSPS) is 11.1. The van der Waals surface area contributed by atoms with Crippen molar-refractivity contribution in [2.75, 3.05) is 11.9 Å². The molecular formula is C25H19N3O5S. The number of ether oxygens (including phenoxy) is 1. The van der Waals surface area contributed by atoms with Crippen LogP contribution in [0.2, 0.25) is 0 Å². The number of carbonyl (C=O) groups is 2. The van der Waals surface area contributed by atoms with Crippen LogP contribution < -0.4 is 11.1 Å². The van der Waals surface area contributed by atoms with Crippen molar-refractivity contribution in [3.8, 4) is 10.6 Å². The van der Waals surface area contributed by atoms with Crippen LogP contribution in [0.5, 0.6) is 0 Å². The van der Waals surface area contributed by atoms with Crippen LogP contribution in [0.15, 0.2) is 75.9 Å². The number of anilines is 1. The van der Waals surface area contributed by atoms with Gasteiger partial charge in [-0.1, -0.05) is 18.2 Å². The lowest BCUT2D eigenvalue weighted by Gasteiger charge is -2.07. The van der Waals surface area contributed by atoms with Gasteiger partial charge in [0.2, 0.25) is 0 Å². The number of carbonyl (C=O) groups excluding carboxylic acids is 2. The Kier molecular flexibility index (Phi) is 5.69. The Hall–Kier alpha value is -4.24. The second-order valence-corrected chi connectivity index (χ2v) is 8.73. The van der Waals surface area contributed by atoms with Crippen molar-refractivity contribution >= 4 is 50.2 Å². The van der Waals surface area contributed by atoms with Crippen LogP contribution in [-0.2, 0) is 20.9 Å². The van der Waals surface area contributed by atoms with Crippen molar-refractivity contribution in [3.63, 3.8) is 0 Å². The van der Waals surface area contributed by atoms with E-state index in [4.69, 9.17) is 9.15 Å². The number of esters is 1. The minimum atomic E-state index is -0.717. The molecule has 0 aliphatic heterocycles. The summed E-state index contributed by atoms with van der Waals surface area (Å²) in [6.07, 6.45) is 0. The van der Waals surface area contributed by atoms with Crippen LogP contribution in [0.4, 0.5) is 5.69 Å². The minimum absolute atomic E-state index is 0.348. The van der Waals surface area contributed by atoms with E-state index in [0.29, 0.717) is 16.8 Å². The van der Waals surface area contributed by atoms with E-state index < -0.39 is 24.2 Å². The second kappa shape index (κ2) is 8.95. The molecule has 0 spiro atoms. The number of para-hydroxylation sites is 2. The predicted octanol–water partition coefficient (Wildman–Crippen LogP) is 4.36. The summed E-state index contributed by atoms with van der Waals surface area (Å²) < 4.78 is 12.4. The zero-order chi connectivity index (χ0) is 23.7. The van der Waals surface area contributed by atoms with Gasteiger partial charge in [-0.15, -0.1) is 11.3 Å². The standard InChI is InChI=1S/C25H19N3O5S/c1-15-6-11-18-21(12-15)34-24(27-18)16-7-9-17(10-8-16)26-22(29)14-32-23(30)13-28-19-4-2-3-5-20(19)33-25(28)31/h2-12H,13-14H2,1H3,(H,26,29). The molecular weight excluding hydrogens is 454 g/mol. The number of nitrogens with zero attached hydrogens (tertiary/aromatic N) is 2. The Labute approximate surface area is 197 Å². The fourth-order valence-electron chi connectivity index (χ4n) is 3.53. The van der Waals surface area contributed by atoms with Crippen molar-refractivity contribution in [3.05, 3.63) is 82.8 Å². The molecule has 5 rings (SSSR count). The molecule has 0 atom stereocenters. The van der Waals surface area contributed by atoms with Gasteiger partial charge in [0, 0.05) is 11.3 Å². The number of rotatable bonds is 6. The van der Waals surface area contributed by atoms with Crippen LogP contribution in [0.3, 0.4) is 0 Å². The summed E-state index contributed by atoms with van der Waals surface area (Å²) in [6, 6.07) is 20.2. The lowest BCUT2D eigenvalue weighted by atomic mass is 10.2. The number of aryl methyl sites for hydroxylation is 1. The first-order chi connectivity index (χ1) is 16.5. The average Bonchev–Trinajstić information content (AvgIpc) is 3.38. The van der Waals surface area contributed by atoms with E-state index in [-0.39, 0.29) is 6.54 Å². The van der Waals surface area contributed by atoms with Gasteiger partial charge in [-0.05, 0) is 61.0 Å². The maximum atomic E-state index is 12.2. The molecule has 34 heavy (non-hydrogen) atoms. The Morgan fingerprint density at radius 1 is 1.09 bits per heavy atom. The molecule has 170 valence electrons. The number of hydrogen-bond donors (Lipinski definition) is 1. The Morgan fingerprint density at radius 3 is 2.71 bits per heavy atom. The topological polar surface area (TPSA) is 103 Å². The van der Waals surface area contributed by atoms with Gasteiger partial charge < -0.3 is 14.5 Å². The van der Waals surface area contributed by atoms with E-state index in [1.165, 1.54) is 5.56 Å². The van der Waals surface area contributed by atoms with Crippen molar-refractivity contribution in [1.29, 1.82) is 0 Å². The van der Waals surface area contributed by atoms with E-state index in [1.54, 1.807) is 47.7 Å². The van der Waals surface area contributed by atoms with E-state index in [1.807, 2.05) is 31.2 Å². The number of aromatic nitrogens is 2. The SMILES string of the molecule is Cc1ccc2nc(-c3ccc(NC(=O)COC(=O)Cn4c(=O)oc5ccccc54)cc3)sc2c1. The number of thiazole rings is 1. The molecule has 2 heterocycles. The summed E-state index contributed by atoms with van der Waals surface area (Å²) in [5, 5.41) is 3.59. The van der Waals surface area contributed by atoms with Crippen molar-refractivity contribution in [2.24, 2.45) is 0 Å². The first-order valence-corrected chi connectivity index (χ1v) is 11.3. The Bertz CT molecular complexity index is 1580. The molecule has 2 aromatic heterocycles. The molecule has 0 aliphatic rings. The Balaban J connectivity index is 1.18. The molecule has 0 fully saturated rings. The van der Waals surface area contributed by atoms with Crippen molar-refractivity contribution < 1.29 is 18.7 Å². The highest BCUT2D eigenvalue weighted by Crippen LogP contribution is 2.31. The zero-order valence-electron chi connectivity index (χ0n) is 18.1. The van der Waals surface area contributed by atoms with E-state index in [9.17, 15) is 14.4 Å². The lowest BCUT2D eigenvalue weighted by Crippen LogP contribution is -2.25. The molecule has 0 radical (unpaired) electrons. The third kappa shape index (κ3) is 4.46. The number of fused-ring (bicyclic) bond motifs is 2. The van der Waals surface area contributed by atoms with E-state index >= 15 is 0 Å². The molecule has 8 nitrogen and oxygen atoms in total. The lowest BCUT2D eigenvalue weighted by molar-refractivity contribution is -0.147. The molecule has 5 aromatic rings. The van der Waals surface area contributed by atoms with Crippen LogP contribution >= 0.6 is 11.3 Å². The van der Waals surface area contributed by atoms with Crippen LogP contribution in [0, 0.1) is 6.92 Å². The maximum absolute atomic E-state index is 12.2. The number of oxazole rings is 1. The molecule has 0 saturated heterocycles. The molecule has 1 N–H and O–H groups in total. The van der Waals surface area contributed by atoms with Gasteiger partial charge in [0.15, 0.2) is 12.2 Å². The largest absolute Gasteiger partial charge is 0.454 e. The minimum Gasteiger partial charge on any atom is -0.454 e. The first kappa shape index (κ1) is 21.6. The summed E-state index contributed by atoms with van der Waals surface area (Å²) in [5.41, 5.74) is 4.52. The van der Waals surface area contributed by atoms with Gasteiger partial charge in [0.25, 0.3) is 5.91 Å². The van der Waals surface area contributed by atoms with Gasteiger partial charge >= 0.3 is 11.7 Å². The summed E-state index contributed by atoms with van der Waals surface area (Å²) >= 11 is 1.61. The molecule has 0 bridgehead atoms. The van der Waals surface area contributed by atoms with Gasteiger partial charge in [-0.2, -0.15) is 0 Å².